The number of carbonyl (C=O) groups excluding carboxylic acids is 2. The van der Waals surface area contributed by atoms with E-state index in [4.69, 9.17) is 11.6 Å². The molecule has 6 nitrogen and oxygen atoms in total. The molecule has 0 aromatic rings. The highest BCUT2D eigenvalue weighted by molar-refractivity contribution is 6.46. The molecule has 0 radical (unpaired) electrons. The molecule has 1 heterocycles. The lowest BCUT2D eigenvalue weighted by Crippen LogP contribution is -2.34. The maximum atomic E-state index is 12.2. The van der Waals surface area contributed by atoms with E-state index in [-0.39, 0.29) is 6.54 Å². The van der Waals surface area contributed by atoms with Crippen molar-refractivity contribution >= 4 is 11.7 Å². The third-order valence-electron chi connectivity index (χ3n) is 3.06. The standard InChI is InChI=1S/C16H24N4O2.2C2H6/c1-4-7-13-14(8-5-2)20(16(22)15(13)21)11-12(17)10-19(18)9-6-3;2*1-2/h4-5,7-8,10H,6,9,11,17-18H2,1-3H3;2*1-2H3/b7-4-,8-5-,12-10-;;. The fourth-order valence-corrected chi connectivity index (χ4v) is 2.19. The average molecular weight is 365 g/mol. The van der Waals surface area contributed by atoms with E-state index in [1.807, 2.05) is 41.5 Å². The van der Waals surface area contributed by atoms with Gasteiger partial charge in [-0.25, -0.2) is 5.84 Å². The first-order valence-electron chi connectivity index (χ1n) is 9.29. The van der Waals surface area contributed by atoms with E-state index in [9.17, 15) is 9.59 Å². The van der Waals surface area contributed by atoms with Gasteiger partial charge in [0, 0.05) is 18.4 Å². The summed E-state index contributed by atoms with van der Waals surface area (Å²) in [6.45, 7) is 14.4. The molecule has 0 fully saturated rings. The normalized spacial score (nSPS) is 14.6. The Hall–Kier alpha value is -2.34. The minimum atomic E-state index is -0.573. The third-order valence-corrected chi connectivity index (χ3v) is 3.06. The Bertz CT molecular complexity index is 560. The van der Waals surface area contributed by atoms with Crippen molar-refractivity contribution < 1.29 is 9.59 Å². The second-order valence-corrected chi connectivity index (χ2v) is 4.96. The smallest absolute Gasteiger partial charge is 0.299 e. The summed E-state index contributed by atoms with van der Waals surface area (Å²) < 4.78 is 0. The van der Waals surface area contributed by atoms with Crippen LogP contribution in [0.15, 0.2) is 47.5 Å². The van der Waals surface area contributed by atoms with Crippen LogP contribution in [0, 0.1) is 0 Å². The van der Waals surface area contributed by atoms with Crippen molar-refractivity contribution in [1.29, 1.82) is 0 Å². The molecule has 0 bridgehead atoms. The molecule has 0 spiro atoms. The largest absolute Gasteiger partial charge is 0.399 e. The van der Waals surface area contributed by atoms with Gasteiger partial charge in [0.05, 0.1) is 17.8 Å². The van der Waals surface area contributed by atoms with Crippen LogP contribution in [0.2, 0.25) is 0 Å². The van der Waals surface area contributed by atoms with Gasteiger partial charge in [-0.3, -0.25) is 14.5 Å². The number of allylic oxidation sites excluding steroid dienone is 4. The van der Waals surface area contributed by atoms with Gasteiger partial charge in [0.2, 0.25) is 0 Å². The number of hydrogen-bond donors (Lipinski definition) is 2. The molecule has 1 aliphatic heterocycles. The summed E-state index contributed by atoms with van der Waals surface area (Å²) in [5, 5.41) is 1.48. The fourth-order valence-electron chi connectivity index (χ4n) is 2.19. The molecule has 6 heteroatoms. The summed E-state index contributed by atoms with van der Waals surface area (Å²) in [6.07, 6.45) is 9.36. The van der Waals surface area contributed by atoms with Crippen molar-refractivity contribution in [2.24, 2.45) is 11.6 Å². The maximum absolute atomic E-state index is 12.2. The Kier molecular flexibility index (Phi) is 14.9. The fraction of sp³-hybridized carbons (Fsp3) is 0.500. The molecule has 1 rings (SSSR count). The Morgan fingerprint density at radius 1 is 1.08 bits per heavy atom. The minimum absolute atomic E-state index is 0.128. The van der Waals surface area contributed by atoms with Gasteiger partial charge < -0.3 is 10.7 Å². The zero-order chi connectivity index (χ0) is 20.7. The monoisotopic (exact) mass is 364 g/mol. The molecule has 4 N–H and O–H groups in total. The molecule has 0 atom stereocenters. The molecule has 0 aromatic heterocycles. The zero-order valence-corrected chi connectivity index (χ0v) is 17.4. The predicted octanol–water partition coefficient (Wildman–Crippen LogP) is 3.24. The van der Waals surface area contributed by atoms with Gasteiger partial charge in [0.1, 0.15) is 0 Å². The molecule has 148 valence electrons. The van der Waals surface area contributed by atoms with Crippen LogP contribution in [0.3, 0.4) is 0 Å². The van der Waals surface area contributed by atoms with E-state index >= 15 is 0 Å². The third kappa shape index (κ3) is 7.70. The lowest BCUT2D eigenvalue weighted by molar-refractivity contribution is -0.139. The number of carbonyl (C=O) groups is 2. The predicted molar refractivity (Wildman–Crippen MR) is 110 cm³/mol. The molecule has 0 unspecified atom stereocenters. The summed E-state index contributed by atoms with van der Waals surface area (Å²) in [4.78, 5) is 25.6. The van der Waals surface area contributed by atoms with Gasteiger partial charge in [-0.1, -0.05) is 52.8 Å². The number of hydrogen-bond acceptors (Lipinski definition) is 5. The molecule has 26 heavy (non-hydrogen) atoms. The Balaban J connectivity index is 0. The highest BCUT2D eigenvalue weighted by Crippen LogP contribution is 2.24. The summed E-state index contributed by atoms with van der Waals surface area (Å²) in [5.74, 6) is 4.67. The summed E-state index contributed by atoms with van der Waals surface area (Å²) in [7, 11) is 0. The number of rotatable bonds is 7. The van der Waals surface area contributed by atoms with Gasteiger partial charge in [0.25, 0.3) is 11.7 Å². The number of nitrogens with zero attached hydrogens (tertiary/aromatic N) is 2. The summed E-state index contributed by atoms with van der Waals surface area (Å²) in [5.41, 5.74) is 7.30. The Labute approximate surface area is 158 Å². The summed E-state index contributed by atoms with van der Waals surface area (Å²) >= 11 is 0. The molecule has 0 aromatic carbocycles. The van der Waals surface area contributed by atoms with Crippen LogP contribution in [0.25, 0.3) is 0 Å². The first kappa shape index (κ1) is 25.9. The van der Waals surface area contributed by atoms with Gasteiger partial charge in [-0.05, 0) is 26.3 Å². The van der Waals surface area contributed by atoms with Gasteiger partial charge in [0.15, 0.2) is 0 Å². The van der Waals surface area contributed by atoms with Crippen LogP contribution < -0.4 is 11.6 Å². The first-order chi connectivity index (χ1) is 12.5. The van der Waals surface area contributed by atoms with Crippen LogP contribution in [-0.4, -0.2) is 34.7 Å². The molecule has 0 saturated carbocycles. The topological polar surface area (TPSA) is 92.7 Å². The number of Topliss-reactive ketones (excluding diaryl/α,β-unsaturated/α-hetero) is 1. The first-order valence-corrected chi connectivity index (χ1v) is 9.29. The highest BCUT2D eigenvalue weighted by Gasteiger charge is 2.35. The molecular formula is C20H36N4O2. The molecule has 0 saturated heterocycles. The maximum Gasteiger partial charge on any atom is 0.299 e. The van der Waals surface area contributed by atoms with E-state index < -0.39 is 11.7 Å². The van der Waals surface area contributed by atoms with Crippen LogP contribution in [0.4, 0.5) is 0 Å². The van der Waals surface area contributed by atoms with E-state index in [0.717, 1.165) is 6.42 Å². The second kappa shape index (κ2) is 15.0. The molecule has 1 aliphatic rings. The van der Waals surface area contributed by atoms with Crippen LogP contribution in [0.5, 0.6) is 0 Å². The lowest BCUT2D eigenvalue weighted by Gasteiger charge is -2.20. The molecular weight excluding hydrogens is 328 g/mol. The van der Waals surface area contributed by atoms with E-state index in [0.29, 0.717) is 23.5 Å². The van der Waals surface area contributed by atoms with Crippen molar-refractivity contribution in [2.45, 2.75) is 54.9 Å². The van der Waals surface area contributed by atoms with Crippen molar-refractivity contribution in [3.8, 4) is 0 Å². The van der Waals surface area contributed by atoms with E-state index in [1.165, 1.54) is 9.91 Å². The quantitative estimate of drug-likeness (QED) is 0.411. The molecule has 1 amide bonds. The van der Waals surface area contributed by atoms with Crippen LogP contribution >= 0.6 is 0 Å². The van der Waals surface area contributed by atoms with Crippen molar-refractivity contribution in [2.75, 3.05) is 13.1 Å². The number of hydrazine groups is 1. The molecule has 0 aliphatic carbocycles. The van der Waals surface area contributed by atoms with Gasteiger partial charge in [-0.15, -0.1) is 0 Å². The average Bonchev–Trinajstić information content (AvgIpc) is 2.84. The number of amides is 1. The Morgan fingerprint density at radius 2 is 1.62 bits per heavy atom. The zero-order valence-electron chi connectivity index (χ0n) is 17.4. The number of ketones is 1. The highest BCUT2D eigenvalue weighted by atomic mass is 16.2. The van der Waals surface area contributed by atoms with Crippen molar-refractivity contribution in [3.05, 3.63) is 47.5 Å². The summed E-state index contributed by atoms with van der Waals surface area (Å²) in [6, 6.07) is 0. The number of nitrogens with two attached hydrogens (primary N) is 2. The van der Waals surface area contributed by atoms with Gasteiger partial charge >= 0.3 is 0 Å². The van der Waals surface area contributed by atoms with Crippen molar-refractivity contribution in [1.82, 2.24) is 9.91 Å². The van der Waals surface area contributed by atoms with E-state index in [2.05, 4.69) is 0 Å². The lowest BCUT2D eigenvalue weighted by atomic mass is 10.1. The van der Waals surface area contributed by atoms with Crippen LogP contribution in [0.1, 0.15) is 54.9 Å². The van der Waals surface area contributed by atoms with E-state index in [1.54, 1.807) is 37.4 Å². The SMILES string of the molecule is C/C=C\C1=C(/C=C\C)N(C/C(N)=C/N(N)CCC)C(=O)C1=O.CC.CC. The Morgan fingerprint density at radius 3 is 2.08 bits per heavy atom. The van der Waals surface area contributed by atoms with Crippen LogP contribution in [-0.2, 0) is 9.59 Å². The van der Waals surface area contributed by atoms with Crippen molar-refractivity contribution in [3.63, 3.8) is 0 Å². The second-order valence-electron chi connectivity index (χ2n) is 4.96. The van der Waals surface area contributed by atoms with Gasteiger partial charge in [-0.2, -0.15) is 0 Å². The minimum Gasteiger partial charge on any atom is -0.399 e.